The van der Waals surface area contributed by atoms with Crippen LogP contribution >= 0.6 is 0 Å². The van der Waals surface area contributed by atoms with Crippen LogP contribution in [-0.4, -0.2) is 24.6 Å². The number of hydrogen-bond donors (Lipinski definition) is 3. The molecule has 0 aliphatic carbocycles. The third-order valence-corrected chi connectivity index (χ3v) is 4.05. The van der Waals surface area contributed by atoms with Gasteiger partial charge in [0.15, 0.2) is 0 Å². The molecule has 0 spiro atoms. The standard InChI is InChI=1S/C19H19F2N3O3/c20-13-6-7-16(15(21)10-13)24-19(26)22-11-12-3-1-4-14(9-12)23-18(25)17-5-2-8-27-17/h1,3-4,6-7,9-10,17H,2,5,8,11H2,(H,23,25)(H2,22,24,26). The number of urea groups is 1. The molecule has 1 aliphatic heterocycles. The number of benzene rings is 2. The van der Waals surface area contributed by atoms with Gasteiger partial charge in [-0.1, -0.05) is 12.1 Å². The van der Waals surface area contributed by atoms with Crippen molar-refractivity contribution < 1.29 is 23.1 Å². The second-order valence-corrected chi connectivity index (χ2v) is 6.12. The first-order valence-electron chi connectivity index (χ1n) is 8.52. The molecule has 27 heavy (non-hydrogen) atoms. The first-order chi connectivity index (χ1) is 13.0. The fourth-order valence-electron chi connectivity index (χ4n) is 2.71. The van der Waals surface area contributed by atoms with Gasteiger partial charge in [0, 0.05) is 24.9 Å². The maximum Gasteiger partial charge on any atom is 0.319 e. The Labute approximate surface area is 154 Å². The summed E-state index contributed by atoms with van der Waals surface area (Å²) in [5, 5.41) is 7.68. The van der Waals surface area contributed by atoms with Crippen molar-refractivity contribution in [3.63, 3.8) is 0 Å². The Morgan fingerprint density at radius 2 is 1.96 bits per heavy atom. The molecule has 0 aromatic heterocycles. The van der Waals surface area contributed by atoms with E-state index in [1.807, 2.05) is 0 Å². The number of amides is 3. The quantitative estimate of drug-likeness (QED) is 0.749. The van der Waals surface area contributed by atoms with E-state index in [4.69, 9.17) is 4.74 Å². The third-order valence-electron chi connectivity index (χ3n) is 4.05. The number of carbonyl (C=O) groups is 2. The van der Waals surface area contributed by atoms with Gasteiger partial charge >= 0.3 is 6.03 Å². The molecule has 0 bridgehead atoms. The normalized spacial score (nSPS) is 16.0. The summed E-state index contributed by atoms with van der Waals surface area (Å²) in [4.78, 5) is 24.0. The molecule has 1 unspecified atom stereocenters. The first kappa shape index (κ1) is 18.8. The molecular formula is C19H19F2N3O3. The van der Waals surface area contributed by atoms with E-state index in [0.29, 0.717) is 24.8 Å². The number of halogens is 2. The molecule has 2 aromatic rings. The highest BCUT2D eigenvalue weighted by molar-refractivity contribution is 5.94. The summed E-state index contributed by atoms with van der Waals surface area (Å²) in [5.74, 6) is -1.77. The zero-order valence-corrected chi connectivity index (χ0v) is 14.4. The van der Waals surface area contributed by atoms with Gasteiger partial charge in [0.25, 0.3) is 5.91 Å². The van der Waals surface area contributed by atoms with Crippen molar-refractivity contribution in [3.05, 3.63) is 59.7 Å². The van der Waals surface area contributed by atoms with E-state index < -0.39 is 23.8 Å². The van der Waals surface area contributed by atoms with Crippen LogP contribution < -0.4 is 16.0 Å². The molecule has 1 aliphatic rings. The molecule has 1 saturated heterocycles. The third kappa shape index (κ3) is 5.24. The number of rotatable bonds is 5. The summed E-state index contributed by atoms with van der Waals surface area (Å²) in [7, 11) is 0. The lowest BCUT2D eigenvalue weighted by Crippen LogP contribution is -2.29. The van der Waals surface area contributed by atoms with Gasteiger partial charge in [-0.15, -0.1) is 0 Å². The largest absolute Gasteiger partial charge is 0.368 e. The Bertz CT molecular complexity index is 839. The number of hydrogen-bond acceptors (Lipinski definition) is 3. The highest BCUT2D eigenvalue weighted by Crippen LogP contribution is 2.17. The number of nitrogens with one attached hydrogen (secondary N) is 3. The molecule has 2 aromatic carbocycles. The Morgan fingerprint density at radius 1 is 1.11 bits per heavy atom. The minimum atomic E-state index is -0.857. The lowest BCUT2D eigenvalue weighted by Gasteiger charge is -2.12. The van der Waals surface area contributed by atoms with Gasteiger partial charge in [-0.2, -0.15) is 0 Å². The van der Waals surface area contributed by atoms with Crippen LogP contribution in [0.4, 0.5) is 25.0 Å². The lowest BCUT2D eigenvalue weighted by molar-refractivity contribution is -0.124. The van der Waals surface area contributed by atoms with E-state index in [-0.39, 0.29) is 18.1 Å². The zero-order valence-electron chi connectivity index (χ0n) is 14.4. The second kappa shape index (κ2) is 8.59. The van der Waals surface area contributed by atoms with Crippen LogP contribution in [-0.2, 0) is 16.1 Å². The summed E-state index contributed by atoms with van der Waals surface area (Å²) in [6, 6.07) is 9.25. The van der Waals surface area contributed by atoms with Crippen LogP contribution in [0.1, 0.15) is 18.4 Å². The van der Waals surface area contributed by atoms with Crippen LogP contribution in [0, 0.1) is 11.6 Å². The van der Waals surface area contributed by atoms with E-state index in [2.05, 4.69) is 16.0 Å². The molecule has 3 amide bonds. The molecule has 1 atom stereocenters. The molecule has 3 rings (SSSR count). The number of ether oxygens (including phenoxy) is 1. The summed E-state index contributed by atoms with van der Waals surface area (Å²) in [6.45, 7) is 0.754. The maximum absolute atomic E-state index is 13.5. The minimum absolute atomic E-state index is 0.119. The van der Waals surface area contributed by atoms with Crippen LogP contribution in [0.5, 0.6) is 0 Å². The van der Waals surface area contributed by atoms with E-state index in [1.165, 1.54) is 0 Å². The van der Waals surface area contributed by atoms with Crippen molar-refractivity contribution in [2.45, 2.75) is 25.5 Å². The van der Waals surface area contributed by atoms with Gasteiger partial charge in [-0.3, -0.25) is 4.79 Å². The lowest BCUT2D eigenvalue weighted by atomic mass is 10.2. The second-order valence-electron chi connectivity index (χ2n) is 6.12. The van der Waals surface area contributed by atoms with Gasteiger partial charge in [-0.25, -0.2) is 13.6 Å². The molecule has 1 fully saturated rings. The van der Waals surface area contributed by atoms with Gasteiger partial charge in [0.1, 0.15) is 17.7 Å². The predicted molar refractivity (Wildman–Crippen MR) is 96.3 cm³/mol. The Morgan fingerprint density at radius 3 is 2.70 bits per heavy atom. The van der Waals surface area contributed by atoms with Gasteiger partial charge < -0.3 is 20.7 Å². The van der Waals surface area contributed by atoms with Gasteiger partial charge in [0.2, 0.25) is 0 Å². The van der Waals surface area contributed by atoms with Gasteiger partial charge in [0.05, 0.1) is 5.69 Å². The topological polar surface area (TPSA) is 79.5 Å². The van der Waals surface area contributed by atoms with E-state index in [9.17, 15) is 18.4 Å². The van der Waals surface area contributed by atoms with Crippen molar-refractivity contribution in [2.24, 2.45) is 0 Å². The number of carbonyl (C=O) groups excluding carboxylic acids is 2. The molecule has 3 N–H and O–H groups in total. The first-order valence-corrected chi connectivity index (χ1v) is 8.52. The van der Waals surface area contributed by atoms with Crippen LogP contribution in [0.2, 0.25) is 0 Å². The highest BCUT2D eigenvalue weighted by atomic mass is 19.1. The summed E-state index contributed by atoms with van der Waals surface area (Å²) in [6.07, 6.45) is 1.14. The fourth-order valence-corrected chi connectivity index (χ4v) is 2.71. The minimum Gasteiger partial charge on any atom is -0.368 e. The van der Waals surface area contributed by atoms with Gasteiger partial charge in [-0.05, 0) is 42.7 Å². The van der Waals surface area contributed by atoms with Crippen LogP contribution in [0.25, 0.3) is 0 Å². The van der Waals surface area contributed by atoms with Crippen molar-refractivity contribution >= 4 is 23.3 Å². The predicted octanol–water partition coefficient (Wildman–Crippen LogP) is 3.40. The summed E-state index contributed by atoms with van der Waals surface area (Å²) >= 11 is 0. The van der Waals surface area contributed by atoms with Crippen molar-refractivity contribution in [3.8, 4) is 0 Å². The van der Waals surface area contributed by atoms with E-state index >= 15 is 0 Å². The van der Waals surface area contributed by atoms with Crippen molar-refractivity contribution in [1.29, 1.82) is 0 Å². The average molecular weight is 375 g/mol. The molecule has 1 heterocycles. The van der Waals surface area contributed by atoms with Crippen molar-refractivity contribution in [2.75, 3.05) is 17.2 Å². The smallest absolute Gasteiger partial charge is 0.319 e. The molecule has 0 saturated carbocycles. The molecule has 0 radical (unpaired) electrons. The molecule has 6 nitrogen and oxygen atoms in total. The Kier molecular flexibility index (Phi) is 5.97. The summed E-state index contributed by atoms with van der Waals surface area (Å²) in [5.41, 5.74) is 1.22. The molecule has 8 heteroatoms. The number of anilines is 2. The molecular weight excluding hydrogens is 356 g/mol. The Balaban J connectivity index is 1.53. The Hall–Kier alpha value is -3.00. The SMILES string of the molecule is O=C(NCc1cccc(NC(=O)C2CCCO2)c1)Nc1ccc(F)cc1F. The maximum atomic E-state index is 13.5. The van der Waals surface area contributed by atoms with E-state index in [0.717, 1.165) is 24.1 Å². The highest BCUT2D eigenvalue weighted by Gasteiger charge is 2.23. The van der Waals surface area contributed by atoms with E-state index in [1.54, 1.807) is 24.3 Å². The average Bonchev–Trinajstić information content (AvgIpc) is 3.18. The van der Waals surface area contributed by atoms with Crippen LogP contribution in [0.15, 0.2) is 42.5 Å². The zero-order chi connectivity index (χ0) is 19.2. The van der Waals surface area contributed by atoms with Crippen LogP contribution in [0.3, 0.4) is 0 Å². The summed E-state index contributed by atoms with van der Waals surface area (Å²) < 4.78 is 31.8. The molecule has 142 valence electrons. The van der Waals surface area contributed by atoms with Crippen molar-refractivity contribution in [1.82, 2.24) is 5.32 Å². The monoisotopic (exact) mass is 375 g/mol. The fraction of sp³-hybridized carbons (Fsp3) is 0.263.